The van der Waals surface area contributed by atoms with Gasteiger partial charge in [0.05, 0.1) is 10.6 Å². The van der Waals surface area contributed by atoms with E-state index in [1.54, 1.807) is 48.5 Å². The lowest BCUT2D eigenvalue weighted by Crippen LogP contribution is -2.15. The van der Waals surface area contributed by atoms with E-state index in [9.17, 15) is 17.6 Å². The molecule has 0 bridgehead atoms. The standard InChI is InChI=1S/C21H16FNO3S/c22-19-12-6-4-8-16(19)14-15-21(24)18-11-5-7-13-20(18)23-27(25,26)17-9-2-1-3-10-17/h1-15,23H/b15-14+. The van der Waals surface area contributed by atoms with Crippen molar-refractivity contribution < 1.29 is 17.6 Å². The zero-order valence-corrected chi connectivity index (χ0v) is 15.0. The van der Waals surface area contributed by atoms with E-state index in [0.717, 1.165) is 0 Å². The first-order valence-corrected chi connectivity index (χ1v) is 9.59. The number of nitrogens with one attached hydrogen (secondary N) is 1. The van der Waals surface area contributed by atoms with Gasteiger partial charge in [-0.05, 0) is 42.5 Å². The Bertz CT molecular complexity index is 1090. The molecule has 0 radical (unpaired) electrons. The largest absolute Gasteiger partial charge is 0.289 e. The molecule has 0 saturated carbocycles. The molecule has 0 aromatic heterocycles. The lowest BCUT2D eigenvalue weighted by molar-refractivity contribution is 0.104. The Morgan fingerprint density at radius 1 is 0.852 bits per heavy atom. The number of hydrogen-bond donors (Lipinski definition) is 1. The van der Waals surface area contributed by atoms with Gasteiger partial charge in [-0.3, -0.25) is 9.52 Å². The fourth-order valence-corrected chi connectivity index (χ4v) is 3.56. The number of hydrogen-bond acceptors (Lipinski definition) is 3. The molecule has 0 unspecified atom stereocenters. The second-order valence-electron chi connectivity index (χ2n) is 5.68. The summed E-state index contributed by atoms with van der Waals surface area (Å²) in [6.07, 6.45) is 2.58. The van der Waals surface area contributed by atoms with Crippen LogP contribution in [0.15, 0.2) is 89.8 Å². The van der Waals surface area contributed by atoms with Crippen molar-refractivity contribution in [3.63, 3.8) is 0 Å². The van der Waals surface area contributed by atoms with Crippen molar-refractivity contribution in [3.8, 4) is 0 Å². The van der Waals surface area contributed by atoms with Crippen LogP contribution in [0.4, 0.5) is 10.1 Å². The Labute approximate surface area is 157 Å². The van der Waals surface area contributed by atoms with Crippen LogP contribution >= 0.6 is 0 Å². The number of ketones is 1. The van der Waals surface area contributed by atoms with Crippen LogP contribution < -0.4 is 4.72 Å². The molecule has 0 atom stereocenters. The van der Waals surface area contributed by atoms with Crippen LogP contribution in [0.5, 0.6) is 0 Å². The summed E-state index contributed by atoms with van der Waals surface area (Å²) in [6.45, 7) is 0. The smallest absolute Gasteiger partial charge is 0.261 e. The third-order valence-electron chi connectivity index (χ3n) is 3.81. The van der Waals surface area contributed by atoms with E-state index in [1.165, 1.54) is 42.5 Å². The monoisotopic (exact) mass is 381 g/mol. The molecule has 3 rings (SSSR count). The first-order valence-electron chi connectivity index (χ1n) is 8.11. The first-order chi connectivity index (χ1) is 13.0. The van der Waals surface area contributed by atoms with Crippen molar-refractivity contribution in [2.75, 3.05) is 4.72 Å². The highest BCUT2D eigenvalue weighted by molar-refractivity contribution is 7.92. The number of benzene rings is 3. The number of halogens is 1. The fourth-order valence-electron chi connectivity index (χ4n) is 2.46. The number of allylic oxidation sites excluding steroid dienone is 1. The Hall–Kier alpha value is -3.25. The quantitative estimate of drug-likeness (QED) is 0.504. The van der Waals surface area contributed by atoms with Crippen LogP contribution in [-0.4, -0.2) is 14.2 Å². The zero-order valence-electron chi connectivity index (χ0n) is 14.2. The average molecular weight is 381 g/mol. The van der Waals surface area contributed by atoms with Gasteiger partial charge in [-0.15, -0.1) is 0 Å². The summed E-state index contributed by atoms with van der Waals surface area (Å²) in [4.78, 5) is 12.6. The lowest BCUT2D eigenvalue weighted by atomic mass is 10.1. The molecule has 0 aliphatic carbocycles. The van der Waals surface area contributed by atoms with Crippen LogP contribution in [0, 0.1) is 5.82 Å². The lowest BCUT2D eigenvalue weighted by Gasteiger charge is -2.11. The third kappa shape index (κ3) is 4.48. The summed E-state index contributed by atoms with van der Waals surface area (Å²) < 4.78 is 41.1. The molecule has 4 nitrogen and oxygen atoms in total. The summed E-state index contributed by atoms with van der Waals surface area (Å²) in [5, 5.41) is 0. The molecular formula is C21H16FNO3S. The van der Waals surface area contributed by atoms with Gasteiger partial charge in [-0.1, -0.05) is 48.5 Å². The van der Waals surface area contributed by atoms with E-state index in [1.807, 2.05) is 0 Å². The fraction of sp³-hybridized carbons (Fsp3) is 0. The van der Waals surface area contributed by atoms with Crippen LogP contribution in [-0.2, 0) is 10.0 Å². The Balaban J connectivity index is 1.88. The van der Waals surface area contributed by atoms with Crippen LogP contribution in [0.1, 0.15) is 15.9 Å². The van der Waals surface area contributed by atoms with Gasteiger partial charge in [0.15, 0.2) is 5.78 Å². The number of carbonyl (C=O) groups is 1. The highest BCUT2D eigenvalue weighted by Crippen LogP contribution is 2.21. The van der Waals surface area contributed by atoms with Crippen molar-refractivity contribution in [1.29, 1.82) is 0 Å². The molecule has 0 spiro atoms. The molecule has 0 aliphatic heterocycles. The maximum absolute atomic E-state index is 13.7. The molecule has 136 valence electrons. The van der Waals surface area contributed by atoms with Gasteiger partial charge in [0.2, 0.25) is 0 Å². The Morgan fingerprint density at radius 2 is 1.48 bits per heavy atom. The molecule has 0 amide bonds. The zero-order chi connectivity index (χ0) is 19.3. The molecule has 3 aromatic carbocycles. The molecule has 0 heterocycles. The van der Waals surface area contributed by atoms with E-state index < -0.39 is 21.6 Å². The van der Waals surface area contributed by atoms with Gasteiger partial charge in [-0.25, -0.2) is 12.8 Å². The Morgan fingerprint density at radius 3 is 2.22 bits per heavy atom. The molecule has 0 fully saturated rings. The van der Waals surface area contributed by atoms with Gasteiger partial charge in [0.25, 0.3) is 10.0 Å². The van der Waals surface area contributed by atoms with E-state index in [2.05, 4.69) is 4.72 Å². The highest BCUT2D eigenvalue weighted by Gasteiger charge is 2.17. The summed E-state index contributed by atoms with van der Waals surface area (Å²) in [7, 11) is -3.83. The molecule has 6 heteroatoms. The van der Waals surface area contributed by atoms with Crippen molar-refractivity contribution >= 4 is 27.6 Å². The average Bonchev–Trinajstić information content (AvgIpc) is 2.68. The van der Waals surface area contributed by atoms with E-state index >= 15 is 0 Å². The second kappa shape index (κ2) is 7.97. The van der Waals surface area contributed by atoms with Crippen molar-refractivity contribution in [2.24, 2.45) is 0 Å². The number of para-hydroxylation sites is 1. The third-order valence-corrected chi connectivity index (χ3v) is 5.19. The van der Waals surface area contributed by atoms with Gasteiger partial charge in [-0.2, -0.15) is 0 Å². The van der Waals surface area contributed by atoms with E-state index in [0.29, 0.717) is 0 Å². The summed E-state index contributed by atoms with van der Waals surface area (Å²) in [6, 6.07) is 20.2. The van der Waals surface area contributed by atoms with Crippen LogP contribution in [0.25, 0.3) is 6.08 Å². The molecule has 0 saturated heterocycles. The Kier molecular flexibility index (Phi) is 5.47. The van der Waals surface area contributed by atoms with E-state index in [-0.39, 0.29) is 21.7 Å². The summed E-state index contributed by atoms with van der Waals surface area (Å²) >= 11 is 0. The molecule has 27 heavy (non-hydrogen) atoms. The van der Waals surface area contributed by atoms with E-state index in [4.69, 9.17) is 0 Å². The predicted molar refractivity (Wildman–Crippen MR) is 103 cm³/mol. The van der Waals surface area contributed by atoms with Gasteiger partial charge >= 0.3 is 0 Å². The minimum atomic E-state index is -3.83. The topological polar surface area (TPSA) is 63.2 Å². The SMILES string of the molecule is O=C(/C=C/c1ccccc1F)c1ccccc1NS(=O)(=O)c1ccccc1. The maximum Gasteiger partial charge on any atom is 0.261 e. The highest BCUT2D eigenvalue weighted by atomic mass is 32.2. The first kappa shape index (κ1) is 18.5. The van der Waals surface area contributed by atoms with Crippen molar-refractivity contribution in [3.05, 3.63) is 102 Å². The number of carbonyl (C=O) groups excluding carboxylic acids is 1. The van der Waals surface area contributed by atoms with Gasteiger partial charge in [0.1, 0.15) is 5.82 Å². The van der Waals surface area contributed by atoms with Crippen LogP contribution in [0.3, 0.4) is 0 Å². The summed E-state index contributed by atoms with van der Waals surface area (Å²) in [5.74, 6) is -0.885. The summed E-state index contributed by atoms with van der Waals surface area (Å²) in [5.41, 5.74) is 0.599. The molecule has 1 N–H and O–H groups in total. The van der Waals surface area contributed by atoms with Gasteiger partial charge < -0.3 is 0 Å². The van der Waals surface area contributed by atoms with Crippen molar-refractivity contribution in [2.45, 2.75) is 4.90 Å². The van der Waals surface area contributed by atoms with Crippen molar-refractivity contribution in [1.82, 2.24) is 0 Å². The minimum absolute atomic E-state index is 0.0918. The minimum Gasteiger partial charge on any atom is -0.289 e. The predicted octanol–water partition coefficient (Wildman–Crippen LogP) is 4.52. The molecule has 3 aromatic rings. The van der Waals surface area contributed by atoms with Crippen LogP contribution in [0.2, 0.25) is 0 Å². The molecular weight excluding hydrogens is 365 g/mol. The number of anilines is 1. The number of sulfonamides is 1. The maximum atomic E-state index is 13.7. The normalized spacial score (nSPS) is 11.4. The second-order valence-corrected chi connectivity index (χ2v) is 7.37. The molecule has 0 aliphatic rings. The number of rotatable bonds is 6. The van der Waals surface area contributed by atoms with Gasteiger partial charge in [0, 0.05) is 11.1 Å².